The van der Waals surface area contributed by atoms with Crippen molar-refractivity contribution in [3.63, 3.8) is 0 Å². The maximum Gasteiger partial charge on any atom is 0.0907 e. The molecule has 4 heteroatoms. The van der Waals surface area contributed by atoms with E-state index in [4.69, 9.17) is 4.74 Å². The number of nitrogens with zero attached hydrogens (tertiary/aromatic N) is 1. The molecule has 0 saturated carbocycles. The lowest BCUT2D eigenvalue weighted by Crippen LogP contribution is -2.58. The Labute approximate surface area is 75.8 Å². The summed E-state index contributed by atoms with van der Waals surface area (Å²) in [5, 5.41) is 5.21. The molecule has 0 atom stereocenters. The van der Waals surface area contributed by atoms with Gasteiger partial charge in [0.25, 0.3) is 0 Å². The van der Waals surface area contributed by atoms with Gasteiger partial charge in [-0.1, -0.05) is 0 Å². The number of hydrogen-bond acceptors (Lipinski definition) is 4. The van der Waals surface area contributed by atoms with Gasteiger partial charge >= 0.3 is 0 Å². The maximum absolute atomic E-state index is 5.69. The predicted octanol–water partition coefficient (Wildman–Crippen LogP) is 1.02. The summed E-state index contributed by atoms with van der Waals surface area (Å²) in [5.41, 5.74) is 2.91. The zero-order valence-electron chi connectivity index (χ0n) is 7.04. The van der Waals surface area contributed by atoms with Gasteiger partial charge in [-0.15, -0.1) is 11.3 Å². The largest absolute Gasteiger partial charge is 0.366 e. The smallest absolute Gasteiger partial charge is 0.0907 e. The number of nitrogens with one attached hydrogen (secondary N) is 1. The number of ether oxygens (including phenoxy) is 1. The van der Waals surface area contributed by atoms with Crippen molar-refractivity contribution in [2.45, 2.75) is 19.1 Å². The molecule has 0 aromatic carbocycles. The molecule has 0 spiro atoms. The van der Waals surface area contributed by atoms with Crippen molar-refractivity contribution in [2.24, 2.45) is 0 Å². The van der Waals surface area contributed by atoms with E-state index in [-0.39, 0.29) is 5.60 Å². The molecule has 1 N–H and O–H groups in total. The highest BCUT2D eigenvalue weighted by atomic mass is 32.1. The fourth-order valence-corrected chi connectivity index (χ4v) is 1.68. The summed E-state index contributed by atoms with van der Waals surface area (Å²) in [6.07, 6.45) is 0. The lowest BCUT2D eigenvalue weighted by Gasteiger charge is -2.38. The van der Waals surface area contributed by atoms with Crippen LogP contribution in [0.15, 0.2) is 10.9 Å². The van der Waals surface area contributed by atoms with Gasteiger partial charge in [-0.2, -0.15) is 0 Å². The SMILES string of the molecule is CC1(OCc2cscn2)CNC1. The summed E-state index contributed by atoms with van der Waals surface area (Å²) in [6, 6.07) is 0. The van der Waals surface area contributed by atoms with Crippen molar-refractivity contribution in [1.82, 2.24) is 10.3 Å². The first kappa shape index (κ1) is 8.16. The highest BCUT2D eigenvalue weighted by Gasteiger charge is 2.32. The second-order valence-corrected chi connectivity index (χ2v) is 4.04. The first-order valence-electron chi connectivity index (χ1n) is 4.00. The number of hydrogen-bond donors (Lipinski definition) is 1. The number of rotatable bonds is 3. The molecule has 0 radical (unpaired) electrons. The topological polar surface area (TPSA) is 34.1 Å². The molecule has 1 aliphatic rings. The molecule has 2 rings (SSSR count). The van der Waals surface area contributed by atoms with Crippen LogP contribution in [-0.4, -0.2) is 23.7 Å². The Hall–Kier alpha value is -0.450. The van der Waals surface area contributed by atoms with Crippen LogP contribution >= 0.6 is 11.3 Å². The summed E-state index contributed by atoms with van der Waals surface area (Å²) in [7, 11) is 0. The minimum absolute atomic E-state index is 0.0453. The van der Waals surface area contributed by atoms with E-state index in [1.54, 1.807) is 11.3 Å². The van der Waals surface area contributed by atoms with Gasteiger partial charge < -0.3 is 10.1 Å². The fraction of sp³-hybridized carbons (Fsp3) is 0.625. The molecule has 1 saturated heterocycles. The van der Waals surface area contributed by atoms with E-state index in [0.717, 1.165) is 18.8 Å². The molecular formula is C8H12N2OS. The number of aromatic nitrogens is 1. The maximum atomic E-state index is 5.69. The van der Waals surface area contributed by atoms with Crippen LogP contribution in [0.3, 0.4) is 0 Å². The van der Waals surface area contributed by atoms with Crippen molar-refractivity contribution in [1.29, 1.82) is 0 Å². The van der Waals surface area contributed by atoms with Gasteiger partial charge in [0.1, 0.15) is 0 Å². The Bertz CT molecular complexity index is 244. The van der Waals surface area contributed by atoms with Crippen molar-refractivity contribution in [3.8, 4) is 0 Å². The lowest BCUT2D eigenvalue weighted by molar-refractivity contribution is -0.0776. The summed E-state index contributed by atoms with van der Waals surface area (Å²) in [5.74, 6) is 0. The molecule has 1 aromatic heterocycles. The molecule has 12 heavy (non-hydrogen) atoms. The van der Waals surface area contributed by atoms with Gasteiger partial charge in [-0.3, -0.25) is 0 Å². The Morgan fingerprint density at radius 1 is 1.75 bits per heavy atom. The average molecular weight is 184 g/mol. The van der Waals surface area contributed by atoms with E-state index in [1.807, 2.05) is 10.9 Å². The molecule has 0 amide bonds. The predicted molar refractivity (Wildman–Crippen MR) is 48.2 cm³/mol. The van der Waals surface area contributed by atoms with Crippen LogP contribution in [0.25, 0.3) is 0 Å². The minimum Gasteiger partial charge on any atom is -0.366 e. The zero-order valence-corrected chi connectivity index (χ0v) is 7.86. The molecule has 1 aliphatic heterocycles. The molecule has 66 valence electrons. The molecule has 1 aromatic rings. The highest BCUT2D eigenvalue weighted by Crippen LogP contribution is 2.17. The van der Waals surface area contributed by atoms with Crippen LogP contribution in [-0.2, 0) is 11.3 Å². The molecular weight excluding hydrogens is 172 g/mol. The second kappa shape index (κ2) is 3.12. The number of thiazole rings is 1. The van der Waals surface area contributed by atoms with Crippen LogP contribution in [0.1, 0.15) is 12.6 Å². The van der Waals surface area contributed by atoms with Crippen LogP contribution < -0.4 is 5.32 Å². The Morgan fingerprint density at radius 2 is 2.58 bits per heavy atom. The van der Waals surface area contributed by atoms with Crippen LogP contribution in [0.2, 0.25) is 0 Å². The standard InChI is InChI=1S/C8H12N2OS/c1-8(4-9-5-8)11-2-7-3-12-6-10-7/h3,6,9H,2,4-5H2,1H3. The monoisotopic (exact) mass is 184 g/mol. The van der Waals surface area contributed by atoms with E-state index in [9.17, 15) is 0 Å². The Balaban J connectivity index is 1.82. The quantitative estimate of drug-likeness (QED) is 0.761. The zero-order chi connectivity index (χ0) is 8.44. The average Bonchev–Trinajstić information content (AvgIpc) is 2.49. The summed E-state index contributed by atoms with van der Waals surface area (Å²) in [6.45, 7) is 4.67. The second-order valence-electron chi connectivity index (χ2n) is 3.32. The van der Waals surface area contributed by atoms with Crippen molar-refractivity contribution >= 4 is 11.3 Å². The van der Waals surface area contributed by atoms with Crippen molar-refractivity contribution in [3.05, 3.63) is 16.6 Å². The van der Waals surface area contributed by atoms with E-state index in [0.29, 0.717) is 6.61 Å². The molecule has 2 heterocycles. The van der Waals surface area contributed by atoms with Crippen molar-refractivity contribution < 1.29 is 4.74 Å². The molecule has 0 aliphatic carbocycles. The van der Waals surface area contributed by atoms with E-state index < -0.39 is 0 Å². The van der Waals surface area contributed by atoms with E-state index >= 15 is 0 Å². The Morgan fingerprint density at radius 3 is 3.08 bits per heavy atom. The van der Waals surface area contributed by atoms with Crippen LogP contribution in [0, 0.1) is 0 Å². The van der Waals surface area contributed by atoms with Gasteiger partial charge in [-0.05, 0) is 6.92 Å². The molecule has 0 unspecified atom stereocenters. The Kier molecular flexibility index (Phi) is 2.12. The fourth-order valence-electron chi connectivity index (χ4n) is 1.14. The lowest BCUT2D eigenvalue weighted by atomic mass is 10.0. The van der Waals surface area contributed by atoms with Crippen molar-refractivity contribution in [2.75, 3.05) is 13.1 Å². The van der Waals surface area contributed by atoms with Gasteiger partial charge in [0, 0.05) is 18.5 Å². The first-order valence-corrected chi connectivity index (χ1v) is 4.95. The molecule has 3 nitrogen and oxygen atoms in total. The first-order chi connectivity index (χ1) is 5.79. The minimum atomic E-state index is 0.0453. The van der Waals surface area contributed by atoms with Crippen LogP contribution in [0.4, 0.5) is 0 Å². The summed E-state index contributed by atoms with van der Waals surface area (Å²) in [4.78, 5) is 4.15. The van der Waals surface area contributed by atoms with E-state index in [2.05, 4.69) is 17.2 Å². The third kappa shape index (κ3) is 1.65. The van der Waals surface area contributed by atoms with Gasteiger partial charge in [-0.25, -0.2) is 4.98 Å². The molecule has 1 fully saturated rings. The third-order valence-electron chi connectivity index (χ3n) is 2.05. The highest BCUT2D eigenvalue weighted by molar-refractivity contribution is 7.07. The van der Waals surface area contributed by atoms with Gasteiger partial charge in [0.05, 0.1) is 23.4 Å². The van der Waals surface area contributed by atoms with Gasteiger partial charge in [0.15, 0.2) is 0 Å². The van der Waals surface area contributed by atoms with Gasteiger partial charge in [0.2, 0.25) is 0 Å². The normalized spacial score (nSPS) is 20.4. The van der Waals surface area contributed by atoms with E-state index in [1.165, 1.54) is 0 Å². The summed E-state index contributed by atoms with van der Waals surface area (Å²) >= 11 is 1.61. The molecule has 0 bridgehead atoms. The summed E-state index contributed by atoms with van der Waals surface area (Å²) < 4.78 is 5.69. The third-order valence-corrected chi connectivity index (χ3v) is 2.69. The van der Waals surface area contributed by atoms with Crippen LogP contribution in [0.5, 0.6) is 0 Å².